The number of allylic oxidation sites excluding steroid dienone is 1. The maximum absolute atomic E-state index is 10.9. The predicted molar refractivity (Wildman–Crippen MR) is 82.3 cm³/mol. The summed E-state index contributed by atoms with van der Waals surface area (Å²) in [5.74, 6) is 0.327. The van der Waals surface area contributed by atoms with Gasteiger partial charge in [0.25, 0.3) is 0 Å². The minimum Gasteiger partial charge on any atom is -0.478 e. The molecule has 0 saturated carbocycles. The fraction of sp³-hybridized carbons (Fsp3) is 0.0625. The number of ether oxygens (including phenoxy) is 1. The van der Waals surface area contributed by atoms with E-state index in [1.165, 1.54) is 12.1 Å². The zero-order valence-corrected chi connectivity index (χ0v) is 12.4. The molecule has 2 aromatic carbocycles. The van der Waals surface area contributed by atoms with Crippen molar-refractivity contribution in [1.29, 1.82) is 0 Å². The van der Waals surface area contributed by atoms with Crippen molar-refractivity contribution in [1.82, 2.24) is 0 Å². The second-order valence-electron chi connectivity index (χ2n) is 4.09. The minimum atomic E-state index is -0.966. The highest BCUT2D eigenvalue weighted by molar-refractivity contribution is 9.10. The molecular formula is C16H13BrO3. The van der Waals surface area contributed by atoms with E-state index in [-0.39, 0.29) is 5.56 Å². The van der Waals surface area contributed by atoms with Crippen LogP contribution in [0.3, 0.4) is 0 Å². The number of aromatic carboxylic acids is 1. The molecular weight excluding hydrogens is 320 g/mol. The number of carboxylic acids is 1. The lowest BCUT2D eigenvalue weighted by Gasteiger charge is -2.10. The number of para-hydroxylation sites is 1. The summed E-state index contributed by atoms with van der Waals surface area (Å²) in [6.07, 6.45) is 3.89. The first kappa shape index (κ1) is 14.3. The van der Waals surface area contributed by atoms with Crippen molar-refractivity contribution in [3.8, 4) is 11.5 Å². The molecule has 20 heavy (non-hydrogen) atoms. The first-order chi connectivity index (χ1) is 9.61. The van der Waals surface area contributed by atoms with Gasteiger partial charge in [-0.3, -0.25) is 0 Å². The SMILES string of the molecule is C/C=C/c1ccccc1Oc1ccc(C(=O)O)cc1Br. The maximum Gasteiger partial charge on any atom is 0.335 e. The Hall–Kier alpha value is -2.07. The standard InChI is InChI=1S/C16H13BrO3/c1-2-5-11-6-3-4-7-14(11)20-15-9-8-12(16(18)19)10-13(15)17/h2-10H,1H3,(H,18,19)/b5-2+. The van der Waals surface area contributed by atoms with E-state index in [4.69, 9.17) is 9.84 Å². The minimum absolute atomic E-state index is 0.214. The summed E-state index contributed by atoms with van der Waals surface area (Å²) in [4.78, 5) is 10.9. The average molecular weight is 333 g/mol. The molecule has 0 bridgehead atoms. The Morgan fingerprint density at radius 1 is 1.20 bits per heavy atom. The van der Waals surface area contributed by atoms with Gasteiger partial charge >= 0.3 is 5.97 Å². The molecule has 2 rings (SSSR count). The molecule has 0 atom stereocenters. The smallest absolute Gasteiger partial charge is 0.335 e. The zero-order chi connectivity index (χ0) is 14.5. The van der Waals surface area contributed by atoms with Crippen molar-refractivity contribution in [2.24, 2.45) is 0 Å². The van der Waals surface area contributed by atoms with Crippen molar-refractivity contribution in [2.45, 2.75) is 6.92 Å². The van der Waals surface area contributed by atoms with Crippen LogP contribution < -0.4 is 4.74 Å². The van der Waals surface area contributed by atoms with Crippen molar-refractivity contribution in [3.05, 3.63) is 64.1 Å². The first-order valence-electron chi connectivity index (χ1n) is 6.04. The highest BCUT2D eigenvalue weighted by atomic mass is 79.9. The number of carboxylic acid groups (broad SMARTS) is 1. The summed E-state index contributed by atoms with van der Waals surface area (Å²) in [5.41, 5.74) is 1.18. The summed E-state index contributed by atoms with van der Waals surface area (Å²) < 4.78 is 6.44. The molecule has 0 radical (unpaired) electrons. The fourth-order valence-electron chi connectivity index (χ4n) is 1.73. The maximum atomic E-state index is 10.9. The van der Waals surface area contributed by atoms with Crippen molar-refractivity contribution in [3.63, 3.8) is 0 Å². The van der Waals surface area contributed by atoms with E-state index >= 15 is 0 Å². The van der Waals surface area contributed by atoms with Gasteiger partial charge in [0, 0.05) is 5.56 Å². The molecule has 4 heteroatoms. The third-order valence-electron chi connectivity index (χ3n) is 2.66. The van der Waals surface area contributed by atoms with Crippen molar-refractivity contribution >= 4 is 28.0 Å². The lowest BCUT2D eigenvalue weighted by Crippen LogP contribution is -1.96. The number of benzene rings is 2. The molecule has 0 heterocycles. The summed E-state index contributed by atoms with van der Waals surface area (Å²) in [7, 11) is 0. The van der Waals surface area contributed by atoms with Gasteiger partial charge in [-0.15, -0.1) is 0 Å². The van der Waals surface area contributed by atoms with Crippen LogP contribution in [-0.2, 0) is 0 Å². The molecule has 0 aliphatic carbocycles. The Morgan fingerprint density at radius 3 is 2.60 bits per heavy atom. The van der Waals surface area contributed by atoms with Gasteiger partial charge in [-0.25, -0.2) is 4.79 Å². The van der Waals surface area contributed by atoms with Crippen LogP contribution in [0.4, 0.5) is 0 Å². The summed E-state index contributed by atoms with van der Waals surface area (Å²) in [6.45, 7) is 1.94. The Bertz CT molecular complexity index is 663. The van der Waals surface area contributed by atoms with Gasteiger partial charge in [-0.2, -0.15) is 0 Å². The predicted octanol–water partition coefficient (Wildman–Crippen LogP) is 4.97. The molecule has 3 nitrogen and oxygen atoms in total. The van der Waals surface area contributed by atoms with Crippen molar-refractivity contribution < 1.29 is 14.6 Å². The molecule has 0 amide bonds. The van der Waals surface area contributed by atoms with Crippen LogP contribution in [0, 0.1) is 0 Å². The van der Waals surface area contributed by atoms with Crippen LogP contribution in [0.2, 0.25) is 0 Å². The molecule has 1 N–H and O–H groups in total. The van der Waals surface area contributed by atoms with E-state index in [2.05, 4.69) is 15.9 Å². The van der Waals surface area contributed by atoms with Gasteiger partial charge in [0.1, 0.15) is 11.5 Å². The number of halogens is 1. The molecule has 102 valence electrons. The third kappa shape index (κ3) is 3.27. The second kappa shape index (κ2) is 6.39. The summed E-state index contributed by atoms with van der Waals surface area (Å²) in [6, 6.07) is 12.3. The summed E-state index contributed by atoms with van der Waals surface area (Å²) in [5, 5.41) is 8.93. The largest absolute Gasteiger partial charge is 0.478 e. The Labute approximate surface area is 125 Å². The normalized spacial score (nSPS) is 10.7. The van der Waals surface area contributed by atoms with Crippen LogP contribution in [0.5, 0.6) is 11.5 Å². The number of hydrogen-bond donors (Lipinski definition) is 1. The van der Waals surface area contributed by atoms with Crippen LogP contribution in [0.15, 0.2) is 53.0 Å². The molecule has 0 aromatic heterocycles. The summed E-state index contributed by atoms with van der Waals surface area (Å²) >= 11 is 3.33. The van der Waals surface area contributed by atoms with Crippen LogP contribution in [-0.4, -0.2) is 11.1 Å². The van der Waals surface area contributed by atoms with E-state index < -0.39 is 5.97 Å². The number of rotatable bonds is 4. The quantitative estimate of drug-likeness (QED) is 0.859. The van der Waals surface area contributed by atoms with Gasteiger partial charge in [-0.05, 0) is 47.1 Å². The molecule has 0 spiro atoms. The van der Waals surface area contributed by atoms with E-state index in [0.717, 1.165) is 11.3 Å². The monoisotopic (exact) mass is 332 g/mol. The van der Waals surface area contributed by atoms with Crippen molar-refractivity contribution in [2.75, 3.05) is 0 Å². The number of hydrogen-bond acceptors (Lipinski definition) is 2. The van der Waals surface area contributed by atoms with Gasteiger partial charge in [0.05, 0.1) is 10.0 Å². The highest BCUT2D eigenvalue weighted by Crippen LogP contribution is 2.32. The zero-order valence-electron chi connectivity index (χ0n) is 10.8. The van der Waals surface area contributed by atoms with E-state index in [0.29, 0.717) is 10.2 Å². The topological polar surface area (TPSA) is 46.5 Å². The van der Waals surface area contributed by atoms with Crippen LogP contribution in [0.1, 0.15) is 22.8 Å². The molecule has 0 aliphatic rings. The first-order valence-corrected chi connectivity index (χ1v) is 6.83. The van der Waals surface area contributed by atoms with E-state index in [9.17, 15) is 4.79 Å². The van der Waals surface area contributed by atoms with Gasteiger partial charge in [-0.1, -0.05) is 30.4 Å². The molecule has 0 saturated heterocycles. The molecule has 2 aromatic rings. The highest BCUT2D eigenvalue weighted by Gasteiger charge is 2.09. The molecule has 0 unspecified atom stereocenters. The fourth-order valence-corrected chi connectivity index (χ4v) is 2.19. The van der Waals surface area contributed by atoms with E-state index in [1.54, 1.807) is 6.07 Å². The van der Waals surface area contributed by atoms with E-state index in [1.807, 2.05) is 43.3 Å². The van der Waals surface area contributed by atoms with Gasteiger partial charge < -0.3 is 9.84 Å². The Kier molecular flexibility index (Phi) is 4.58. The van der Waals surface area contributed by atoms with Gasteiger partial charge in [0.15, 0.2) is 0 Å². The lowest BCUT2D eigenvalue weighted by atomic mass is 10.2. The van der Waals surface area contributed by atoms with Crippen LogP contribution >= 0.6 is 15.9 Å². The number of carbonyl (C=O) groups is 1. The Morgan fingerprint density at radius 2 is 1.95 bits per heavy atom. The second-order valence-corrected chi connectivity index (χ2v) is 4.94. The third-order valence-corrected chi connectivity index (χ3v) is 3.28. The average Bonchev–Trinajstić information content (AvgIpc) is 2.43. The Balaban J connectivity index is 2.33. The lowest BCUT2D eigenvalue weighted by molar-refractivity contribution is 0.0697. The molecule has 0 fully saturated rings. The molecule has 0 aliphatic heterocycles. The van der Waals surface area contributed by atoms with Crippen LogP contribution in [0.25, 0.3) is 6.08 Å². The van der Waals surface area contributed by atoms with Gasteiger partial charge in [0.2, 0.25) is 0 Å².